The van der Waals surface area contributed by atoms with Crippen molar-refractivity contribution in [3.05, 3.63) is 41.5 Å². The van der Waals surface area contributed by atoms with Crippen LogP contribution in [-0.2, 0) is 6.42 Å². The van der Waals surface area contributed by atoms with Crippen molar-refractivity contribution in [1.82, 2.24) is 0 Å². The van der Waals surface area contributed by atoms with E-state index >= 15 is 0 Å². The first-order chi connectivity index (χ1) is 6.83. The predicted molar refractivity (Wildman–Crippen MR) is 57.8 cm³/mol. The number of hydrogen-bond donors (Lipinski definition) is 0. The van der Waals surface area contributed by atoms with Gasteiger partial charge in [-0.05, 0) is 35.4 Å². The van der Waals surface area contributed by atoms with E-state index in [1.807, 2.05) is 12.1 Å². The third-order valence-electron chi connectivity index (χ3n) is 2.61. The van der Waals surface area contributed by atoms with Crippen LogP contribution in [0, 0.1) is 11.3 Å². The van der Waals surface area contributed by atoms with Crippen molar-refractivity contribution in [1.29, 1.82) is 5.26 Å². The van der Waals surface area contributed by atoms with E-state index < -0.39 is 0 Å². The average Bonchev–Trinajstić information content (AvgIpc) is 3.01. The van der Waals surface area contributed by atoms with Crippen LogP contribution in [0.1, 0.15) is 35.4 Å². The molecule has 1 nitrogen and oxygen atoms in total. The van der Waals surface area contributed by atoms with E-state index in [1.165, 1.54) is 18.4 Å². The molecule has 0 spiro atoms. The Hall–Kier alpha value is -1.55. The normalized spacial score (nSPS) is 14.8. The molecular weight excluding hydrogens is 170 g/mol. The lowest BCUT2D eigenvalue weighted by Gasteiger charge is -2.03. The molecule has 0 bridgehead atoms. The third-order valence-corrected chi connectivity index (χ3v) is 2.61. The zero-order valence-corrected chi connectivity index (χ0v) is 8.16. The molecule has 14 heavy (non-hydrogen) atoms. The molecule has 1 aromatic rings. The van der Waals surface area contributed by atoms with Gasteiger partial charge < -0.3 is 0 Å². The second kappa shape index (κ2) is 3.67. The summed E-state index contributed by atoms with van der Waals surface area (Å²) in [6, 6.07) is 8.58. The van der Waals surface area contributed by atoms with Crippen LogP contribution in [0.25, 0.3) is 6.08 Å². The van der Waals surface area contributed by atoms with Gasteiger partial charge in [-0.2, -0.15) is 5.26 Å². The van der Waals surface area contributed by atoms with E-state index in [0.29, 0.717) is 6.42 Å². The van der Waals surface area contributed by atoms with Gasteiger partial charge in [0.05, 0.1) is 12.5 Å². The van der Waals surface area contributed by atoms with Crippen molar-refractivity contribution in [2.75, 3.05) is 0 Å². The van der Waals surface area contributed by atoms with Gasteiger partial charge in [-0.1, -0.05) is 30.9 Å². The molecule has 1 fully saturated rings. The Morgan fingerprint density at radius 1 is 1.43 bits per heavy atom. The van der Waals surface area contributed by atoms with Crippen LogP contribution in [0.5, 0.6) is 0 Å². The number of nitrogens with zero attached hydrogens (tertiary/aromatic N) is 1. The van der Waals surface area contributed by atoms with Gasteiger partial charge in [-0.15, -0.1) is 0 Å². The van der Waals surface area contributed by atoms with E-state index in [0.717, 1.165) is 17.0 Å². The summed E-state index contributed by atoms with van der Waals surface area (Å²) in [4.78, 5) is 0. The van der Waals surface area contributed by atoms with E-state index in [-0.39, 0.29) is 0 Å². The molecule has 70 valence electrons. The maximum absolute atomic E-state index is 8.65. The van der Waals surface area contributed by atoms with E-state index in [1.54, 1.807) is 0 Å². The number of nitriles is 1. The van der Waals surface area contributed by atoms with Crippen molar-refractivity contribution in [3.63, 3.8) is 0 Å². The summed E-state index contributed by atoms with van der Waals surface area (Å²) >= 11 is 0. The van der Waals surface area contributed by atoms with Gasteiger partial charge in [0.1, 0.15) is 0 Å². The molecule has 1 aliphatic carbocycles. The van der Waals surface area contributed by atoms with Crippen LogP contribution in [0.3, 0.4) is 0 Å². The number of rotatable bonds is 3. The van der Waals surface area contributed by atoms with Gasteiger partial charge in [0.25, 0.3) is 0 Å². The van der Waals surface area contributed by atoms with E-state index in [9.17, 15) is 0 Å². The van der Waals surface area contributed by atoms with E-state index in [2.05, 4.69) is 24.8 Å². The zero-order chi connectivity index (χ0) is 9.97. The molecule has 0 N–H and O–H groups in total. The second-order valence-corrected chi connectivity index (χ2v) is 3.82. The molecule has 2 rings (SSSR count). The van der Waals surface area contributed by atoms with Gasteiger partial charge in [-0.25, -0.2) is 0 Å². The summed E-state index contributed by atoms with van der Waals surface area (Å²) in [6.07, 6.45) is 4.95. The van der Waals surface area contributed by atoms with Crippen LogP contribution < -0.4 is 0 Å². The fourth-order valence-electron chi connectivity index (χ4n) is 1.71. The Labute approximate surface area is 84.7 Å². The molecule has 1 heteroatoms. The van der Waals surface area contributed by atoms with Crippen molar-refractivity contribution in [3.8, 4) is 6.07 Å². The molecule has 0 atom stereocenters. The molecule has 0 amide bonds. The van der Waals surface area contributed by atoms with Crippen LogP contribution in [0.4, 0.5) is 0 Å². The molecule has 1 aliphatic rings. The third kappa shape index (κ3) is 1.85. The Kier molecular flexibility index (Phi) is 2.37. The SMILES string of the molecule is C=Cc1cc(CC#N)cc(C2CC2)c1. The van der Waals surface area contributed by atoms with Crippen LogP contribution >= 0.6 is 0 Å². The topological polar surface area (TPSA) is 23.8 Å². The first-order valence-corrected chi connectivity index (χ1v) is 4.96. The molecule has 1 saturated carbocycles. The lowest BCUT2D eigenvalue weighted by Crippen LogP contribution is -1.88. The van der Waals surface area contributed by atoms with Gasteiger partial charge in [0, 0.05) is 0 Å². The highest BCUT2D eigenvalue weighted by Crippen LogP contribution is 2.40. The Morgan fingerprint density at radius 3 is 2.79 bits per heavy atom. The number of benzene rings is 1. The quantitative estimate of drug-likeness (QED) is 0.705. The fourth-order valence-corrected chi connectivity index (χ4v) is 1.71. The number of hydrogen-bond acceptors (Lipinski definition) is 1. The smallest absolute Gasteiger partial charge is 0.0669 e. The van der Waals surface area contributed by atoms with Crippen molar-refractivity contribution >= 4 is 6.08 Å². The summed E-state index contributed by atoms with van der Waals surface area (Å²) in [5.41, 5.74) is 3.64. The van der Waals surface area contributed by atoms with Crippen LogP contribution in [0.2, 0.25) is 0 Å². The predicted octanol–water partition coefficient (Wildman–Crippen LogP) is 3.27. The molecule has 0 unspecified atom stereocenters. The molecule has 0 heterocycles. The van der Waals surface area contributed by atoms with Crippen molar-refractivity contribution in [2.45, 2.75) is 25.2 Å². The second-order valence-electron chi connectivity index (χ2n) is 3.82. The van der Waals surface area contributed by atoms with Crippen molar-refractivity contribution < 1.29 is 0 Å². The first-order valence-electron chi connectivity index (χ1n) is 4.96. The van der Waals surface area contributed by atoms with Crippen molar-refractivity contribution in [2.24, 2.45) is 0 Å². The van der Waals surface area contributed by atoms with Crippen LogP contribution in [0.15, 0.2) is 24.8 Å². The summed E-state index contributed by atoms with van der Waals surface area (Å²) in [5.74, 6) is 0.743. The molecule has 0 aromatic heterocycles. The van der Waals surface area contributed by atoms with Crippen LogP contribution in [-0.4, -0.2) is 0 Å². The Bertz CT molecular complexity index is 394. The Morgan fingerprint density at radius 2 is 2.21 bits per heavy atom. The minimum absolute atomic E-state index is 0.501. The molecule has 0 saturated heterocycles. The summed E-state index contributed by atoms with van der Waals surface area (Å²) < 4.78 is 0. The molecule has 0 aliphatic heterocycles. The van der Waals surface area contributed by atoms with E-state index in [4.69, 9.17) is 5.26 Å². The molecular formula is C13H13N. The fraction of sp³-hybridized carbons (Fsp3) is 0.308. The lowest BCUT2D eigenvalue weighted by molar-refractivity contribution is 1.11. The average molecular weight is 183 g/mol. The highest BCUT2D eigenvalue weighted by atomic mass is 14.3. The summed E-state index contributed by atoms with van der Waals surface area (Å²) in [6.45, 7) is 3.77. The maximum Gasteiger partial charge on any atom is 0.0669 e. The minimum atomic E-state index is 0.501. The largest absolute Gasteiger partial charge is 0.198 e. The monoisotopic (exact) mass is 183 g/mol. The highest BCUT2D eigenvalue weighted by Gasteiger charge is 2.23. The molecule has 0 radical (unpaired) electrons. The van der Waals surface area contributed by atoms with Gasteiger partial charge in [-0.3, -0.25) is 0 Å². The van der Waals surface area contributed by atoms with Gasteiger partial charge in [0.2, 0.25) is 0 Å². The van der Waals surface area contributed by atoms with Gasteiger partial charge in [0.15, 0.2) is 0 Å². The Balaban J connectivity index is 2.36. The lowest BCUT2D eigenvalue weighted by atomic mass is 10.0. The zero-order valence-electron chi connectivity index (χ0n) is 8.16. The molecule has 1 aromatic carbocycles. The standard InChI is InChI=1S/C13H13N/c1-2-10-7-11(5-6-14)9-13(8-10)12-3-4-12/h2,7-9,12H,1,3-5H2. The maximum atomic E-state index is 8.65. The highest BCUT2D eigenvalue weighted by molar-refractivity contribution is 5.51. The minimum Gasteiger partial charge on any atom is -0.198 e. The summed E-state index contributed by atoms with van der Waals surface area (Å²) in [7, 11) is 0. The van der Waals surface area contributed by atoms with Gasteiger partial charge >= 0.3 is 0 Å². The first kappa shape index (κ1) is 9.02. The summed E-state index contributed by atoms with van der Waals surface area (Å²) in [5, 5.41) is 8.65.